The number of sulfonamides is 1. The first-order valence-corrected chi connectivity index (χ1v) is 11.2. The summed E-state index contributed by atoms with van der Waals surface area (Å²) in [5.41, 5.74) is 3.34. The van der Waals surface area contributed by atoms with E-state index in [1.165, 1.54) is 4.57 Å². The molecule has 0 atom stereocenters. The van der Waals surface area contributed by atoms with Gasteiger partial charge in [-0.05, 0) is 43.2 Å². The molecule has 1 heterocycles. The molecule has 0 aliphatic carbocycles. The Hall–Kier alpha value is -2.65. The number of nitrogens with one attached hydrogen (secondary N) is 1. The Morgan fingerprint density at radius 2 is 1.82 bits per heavy atom. The van der Waals surface area contributed by atoms with Gasteiger partial charge in [-0.1, -0.05) is 29.5 Å². The maximum atomic E-state index is 12.6. The predicted molar refractivity (Wildman–Crippen MR) is 114 cm³/mol. The molecular formula is C19H21N3O4S2. The number of hydrogen-bond donors (Lipinski definition) is 1. The average molecular weight is 420 g/mol. The van der Waals surface area contributed by atoms with Gasteiger partial charge >= 0.3 is 4.87 Å². The smallest absolute Gasteiger partial charge is 0.307 e. The van der Waals surface area contributed by atoms with Gasteiger partial charge in [0.1, 0.15) is 6.54 Å². The van der Waals surface area contributed by atoms with Crippen LogP contribution in [0, 0.1) is 13.8 Å². The number of rotatable bonds is 5. The van der Waals surface area contributed by atoms with Gasteiger partial charge in [-0.15, -0.1) is 0 Å². The molecule has 0 bridgehead atoms. The SMILES string of the molecule is Cc1cccc(C)c1N(CC(=O)Nc1ccc2c(c1)sc(=O)n2C)S(C)(=O)=O. The van der Waals surface area contributed by atoms with Crippen molar-refractivity contribution < 1.29 is 13.2 Å². The van der Waals surface area contributed by atoms with Crippen LogP contribution in [-0.2, 0) is 21.9 Å². The molecular weight excluding hydrogens is 398 g/mol. The molecule has 0 fully saturated rings. The number of para-hydroxylation sites is 1. The number of aryl methyl sites for hydroxylation is 3. The zero-order chi connectivity index (χ0) is 20.6. The minimum atomic E-state index is -3.66. The summed E-state index contributed by atoms with van der Waals surface area (Å²) in [7, 11) is -1.97. The van der Waals surface area contributed by atoms with Gasteiger partial charge in [0.2, 0.25) is 15.9 Å². The molecule has 0 unspecified atom stereocenters. The highest BCUT2D eigenvalue weighted by Crippen LogP contribution is 2.27. The fraction of sp³-hybridized carbons (Fsp3) is 0.263. The Bertz CT molecular complexity index is 1210. The number of benzene rings is 2. The molecule has 0 saturated heterocycles. The minimum absolute atomic E-state index is 0.0863. The van der Waals surface area contributed by atoms with Crippen molar-refractivity contribution in [1.82, 2.24) is 4.57 Å². The predicted octanol–water partition coefficient (Wildman–Crippen LogP) is 2.62. The number of carbonyl (C=O) groups excluding carboxylic acids is 1. The van der Waals surface area contributed by atoms with Crippen molar-refractivity contribution in [3.05, 3.63) is 57.2 Å². The molecule has 1 N–H and O–H groups in total. The number of hydrogen-bond acceptors (Lipinski definition) is 5. The fourth-order valence-corrected chi connectivity index (χ4v) is 4.99. The molecule has 9 heteroatoms. The first kappa shape index (κ1) is 20.1. The monoisotopic (exact) mass is 419 g/mol. The molecule has 3 rings (SSSR count). The molecule has 148 valence electrons. The lowest BCUT2D eigenvalue weighted by molar-refractivity contribution is -0.114. The number of anilines is 2. The van der Waals surface area contributed by atoms with E-state index >= 15 is 0 Å². The first-order valence-electron chi connectivity index (χ1n) is 8.51. The summed E-state index contributed by atoms with van der Waals surface area (Å²) >= 11 is 1.09. The van der Waals surface area contributed by atoms with Gasteiger partial charge in [0.05, 0.1) is 22.2 Å². The maximum Gasteiger partial charge on any atom is 0.307 e. The Balaban J connectivity index is 1.88. The van der Waals surface area contributed by atoms with E-state index in [0.29, 0.717) is 11.4 Å². The Kier molecular flexibility index (Phi) is 5.31. The quantitative estimate of drug-likeness (QED) is 0.689. The maximum absolute atomic E-state index is 12.6. The molecule has 28 heavy (non-hydrogen) atoms. The number of fused-ring (bicyclic) bond motifs is 1. The van der Waals surface area contributed by atoms with E-state index in [1.807, 2.05) is 32.0 Å². The lowest BCUT2D eigenvalue weighted by atomic mass is 10.1. The summed E-state index contributed by atoms with van der Waals surface area (Å²) < 4.78 is 28.1. The van der Waals surface area contributed by atoms with Gasteiger partial charge in [-0.25, -0.2) is 8.42 Å². The van der Waals surface area contributed by atoms with Crippen LogP contribution < -0.4 is 14.5 Å². The largest absolute Gasteiger partial charge is 0.324 e. The Labute approximate surface area is 167 Å². The minimum Gasteiger partial charge on any atom is -0.324 e. The highest BCUT2D eigenvalue weighted by Gasteiger charge is 2.24. The molecule has 3 aromatic rings. The van der Waals surface area contributed by atoms with Crippen LogP contribution in [0.25, 0.3) is 10.2 Å². The van der Waals surface area contributed by atoms with Crippen LogP contribution in [0.2, 0.25) is 0 Å². The van der Waals surface area contributed by atoms with E-state index in [1.54, 1.807) is 25.2 Å². The van der Waals surface area contributed by atoms with Crippen molar-refractivity contribution >= 4 is 48.9 Å². The molecule has 0 saturated carbocycles. The molecule has 7 nitrogen and oxygen atoms in total. The van der Waals surface area contributed by atoms with Crippen LogP contribution in [-0.4, -0.2) is 31.7 Å². The summed E-state index contributed by atoms with van der Waals surface area (Å²) in [6, 6.07) is 10.6. The second-order valence-electron chi connectivity index (χ2n) is 6.67. The van der Waals surface area contributed by atoms with E-state index in [9.17, 15) is 18.0 Å². The summed E-state index contributed by atoms with van der Waals surface area (Å²) in [5.74, 6) is -0.462. The third kappa shape index (κ3) is 3.95. The van der Waals surface area contributed by atoms with Gasteiger partial charge in [0, 0.05) is 12.7 Å². The normalized spacial score (nSPS) is 11.6. The summed E-state index contributed by atoms with van der Waals surface area (Å²) in [6.07, 6.45) is 1.08. The third-order valence-electron chi connectivity index (χ3n) is 4.45. The Morgan fingerprint density at radius 1 is 1.18 bits per heavy atom. The van der Waals surface area contributed by atoms with Gasteiger partial charge in [-0.3, -0.25) is 13.9 Å². The highest BCUT2D eigenvalue weighted by molar-refractivity contribution is 7.92. The summed E-state index contributed by atoms with van der Waals surface area (Å²) in [6.45, 7) is 3.28. The molecule has 1 aromatic heterocycles. The van der Waals surface area contributed by atoms with Gasteiger partial charge < -0.3 is 9.88 Å². The van der Waals surface area contributed by atoms with Crippen molar-refractivity contribution in [3.63, 3.8) is 0 Å². The summed E-state index contributed by atoms with van der Waals surface area (Å²) in [5, 5.41) is 2.72. The van der Waals surface area contributed by atoms with E-state index in [4.69, 9.17) is 0 Å². The van der Waals surface area contributed by atoms with Crippen molar-refractivity contribution in [2.75, 3.05) is 22.4 Å². The lowest BCUT2D eigenvalue weighted by Crippen LogP contribution is -2.38. The van der Waals surface area contributed by atoms with E-state index in [2.05, 4.69) is 5.32 Å². The van der Waals surface area contributed by atoms with E-state index in [-0.39, 0.29) is 11.4 Å². The van der Waals surface area contributed by atoms with Crippen molar-refractivity contribution in [1.29, 1.82) is 0 Å². The third-order valence-corrected chi connectivity index (χ3v) is 6.56. The van der Waals surface area contributed by atoms with Gasteiger partial charge in [0.15, 0.2) is 0 Å². The summed E-state index contributed by atoms with van der Waals surface area (Å²) in [4.78, 5) is 24.3. The molecule has 1 amide bonds. The number of thiazole rings is 1. The Morgan fingerprint density at radius 3 is 2.43 bits per heavy atom. The molecule has 2 aromatic carbocycles. The van der Waals surface area contributed by atoms with Gasteiger partial charge in [-0.2, -0.15) is 0 Å². The van der Waals surface area contributed by atoms with Crippen molar-refractivity contribution in [2.24, 2.45) is 7.05 Å². The molecule has 0 spiro atoms. The number of nitrogens with zero attached hydrogens (tertiary/aromatic N) is 2. The van der Waals surface area contributed by atoms with Crippen LogP contribution >= 0.6 is 11.3 Å². The van der Waals surface area contributed by atoms with Gasteiger partial charge in [0.25, 0.3) is 0 Å². The van der Waals surface area contributed by atoms with Crippen LogP contribution in [0.15, 0.2) is 41.2 Å². The fourth-order valence-electron chi connectivity index (χ4n) is 3.10. The lowest BCUT2D eigenvalue weighted by Gasteiger charge is -2.25. The van der Waals surface area contributed by atoms with Crippen LogP contribution in [0.3, 0.4) is 0 Å². The average Bonchev–Trinajstić information content (AvgIpc) is 2.86. The second-order valence-corrected chi connectivity index (χ2v) is 9.57. The zero-order valence-corrected chi connectivity index (χ0v) is 17.6. The topological polar surface area (TPSA) is 88.5 Å². The zero-order valence-electron chi connectivity index (χ0n) is 16.0. The number of amides is 1. The molecule has 0 aliphatic rings. The second kappa shape index (κ2) is 7.40. The van der Waals surface area contributed by atoms with E-state index in [0.717, 1.165) is 43.2 Å². The molecule has 0 aliphatic heterocycles. The van der Waals surface area contributed by atoms with Crippen molar-refractivity contribution in [2.45, 2.75) is 13.8 Å². The van der Waals surface area contributed by atoms with Crippen LogP contribution in [0.1, 0.15) is 11.1 Å². The van der Waals surface area contributed by atoms with Crippen molar-refractivity contribution in [3.8, 4) is 0 Å². The molecule has 0 radical (unpaired) electrons. The number of aromatic nitrogens is 1. The first-order chi connectivity index (χ1) is 13.1. The standard InChI is InChI=1S/C19H21N3O4S2/c1-12-6-5-7-13(2)18(12)22(28(4,25)26)11-17(23)20-14-8-9-15-16(10-14)27-19(24)21(15)3/h5-10H,11H2,1-4H3,(H,20,23). The van der Waals surface area contributed by atoms with Crippen LogP contribution in [0.4, 0.5) is 11.4 Å². The van der Waals surface area contributed by atoms with Crippen LogP contribution in [0.5, 0.6) is 0 Å². The highest BCUT2D eigenvalue weighted by atomic mass is 32.2. The number of carbonyl (C=O) groups is 1. The van der Waals surface area contributed by atoms with E-state index < -0.39 is 15.9 Å².